The number of pyridine rings is 1. The summed E-state index contributed by atoms with van der Waals surface area (Å²) in [6.45, 7) is 0.141. The van der Waals surface area contributed by atoms with Crippen molar-refractivity contribution in [2.24, 2.45) is 0 Å². The minimum atomic E-state index is -0.356. The summed E-state index contributed by atoms with van der Waals surface area (Å²) >= 11 is 11.7. The number of rotatable bonds is 3. The van der Waals surface area contributed by atoms with Crippen LogP contribution in [0, 0.1) is 5.82 Å². The second-order valence-corrected chi connectivity index (χ2v) is 5.03. The Bertz CT molecular complexity index is 649. The van der Waals surface area contributed by atoms with Crippen LogP contribution in [0.1, 0.15) is 15.9 Å². The fourth-order valence-corrected chi connectivity index (χ4v) is 2.08. The van der Waals surface area contributed by atoms with Crippen molar-refractivity contribution in [1.29, 1.82) is 0 Å². The zero-order chi connectivity index (χ0) is 14.7. The average Bonchev–Trinajstić information content (AvgIpc) is 2.43. The van der Waals surface area contributed by atoms with E-state index < -0.39 is 0 Å². The lowest BCUT2D eigenvalue weighted by Gasteiger charge is -2.18. The Morgan fingerprint density at radius 1 is 1.35 bits per heavy atom. The van der Waals surface area contributed by atoms with Gasteiger partial charge in [-0.2, -0.15) is 0 Å². The van der Waals surface area contributed by atoms with Crippen LogP contribution in [0.3, 0.4) is 0 Å². The summed E-state index contributed by atoms with van der Waals surface area (Å²) in [5.74, 6) is -0.700. The van der Waals surface area contributed by atoms with Crippen molar-refractivity contribution < 1.29 is 9.18 Å². The number of halogens is 3. The number of benzene rings is 1. The van der Waals surface area contributed by atoms with Gasteiger partial charge in [0.1, 0.15) is 11.0 Å². The Morgan fingerprint density at radius 3 is 2.75 bits per heavy atom. The summed E-state index contributed by atoms with van der Waals surface area (Å²) in [5, 5.41) is 0.386. The van der Waals surface area contributed by atoms with Gasteiger partial charge in [-0.05, 0) is 12.1 Å². The van der Waals surface area contributed by atoms with E-state index in [1.807, 2.05) is 0 Å². The highest BCUT2D eigenvalue weighted by atomic mass is 35.5. The first-order valence-corrected chi connectivity index (χ1v) is 6.54. The molecule has 0 aliphatic carbocycles. The first-order chi connectivity index (χ1) is 9.49. The molecule has 0 spiro atoms. The number of hydrogen-bond acceptors (Lipinski definition) is 2. The maximum absolute atomic E-state index is 13.6. The van der Waals surface area contributed by atoms with Crippen LogP contribution < -0.4 is 0 Å². The number of aromatic nitrogens is 1. The van der Waals surface area contributed by atoms with Gasteiger partial charge in [-0.25, -0.2) is 9.37 Å². The molecule has 6 heteroatoms. The van der Waals surface area contributed by atoms with Gasteiger partial charge in [-0.3, -0.25) is 4.79 Å². The van der Waals surface area contributed by atoms with Crippen molar-refractivity contribution in [2.45, 2.75) is 6.54 Å². The molecule has 3 nitrogen and oxygen atoms in total. The molecule has 0 saturated heterocycles. The molecule has 0 radical (unpaired) electrons. The Labute approximate surface area is 125 Å². The average molecular weight is 313 g/mol. The van der Waals surface area contributed by atoms with Crippen LogP contribution >= 0.6 is 23.2 Å². The number of hydrogen-bond donors (Lipinski definition) is 0. The SMILES string of the molecule is CN(Cc1ccccc1F)C(=O)c1cc(Cl)ncc1Cl. The molecule has 104 valence electrons. The van der Waals surface area contributed by atoms with Crippen LogP contribution in [0.25, 0.3) is 0 Å². The summed E-state index contributed by atoms with van der Waals surface area (Å²) in [6.07, 6.45) is 1.31. The predicted octanol–water partition coefficient (Wildman–Crippen LogP) is 3.80. The molecule has 2 aromatic rings. The van der Waals surface area contributed by atoms with Crippen molar-refractivity contribution in [3.05, 3.63) is 63.6 Å². The fraction of sp³-hybridized carbons (Fsp3) is 0.143. The maximum atomic E-state index is 13.6. The minimum Gasteiger partial charge on any atom is -0.337 e. The van der Waals surface area contributed by atoms with Gasteiger partial charge in [0.15, 0.2) is 0 Å². The molecular formula is C14H11Cl2FN2O. The highest BCUT2D eigenvalue weighted by Gasteiger charge is 2.17. The van der Waals surface area contributed by atoms with Crippen LogP contribution in [-0.4, -0.2) is 22.8 Å². The standard InChI is InChI=1S/C14H11Cl2FN2O/c1-19(8-9-4-2-3-5-12(9)17)14(20)10-6-13(16)18-7-11(10)15/h2-7H,8H2,1H3. The topological polar surface area (TPSA) is 33.2 Å². The number of amides is 1. The van der Waals surface area contributed by atoms with Gasteiger partial charge in [0.05, 0.1) is 10.6 Å². The van der Waals surface area contributed by atoms with E-state index in [1.165, 1.54) is 23.2 Å². The lowest BCUT2D eigenvalue weighted by atomic mass is 10.2. The second-order valence-electron chi connectivity index (χ2n) is 4.24. The van der Waals surface area contributed by atoms with Crippen LogP contribution in [-0.2, 0) is 6.54 Å². The molecule has 0 unspecified atom stereocenters. The third kappa shape index (κ3) is 3.26. The van der Waals surface area contributed by atoms with Crippen molar-refractivity contribution >= 4 is 29.1 Å². The van der Waals surface area contributed by atoms with Crippen LogP contribution in [0.2, 0.25) is 10.2 Å². The molecule has 0 aliphatic rings. The van der Waals surface area contributed by atoms with Crippen LogP contribution in [0.5, 0.6) is 0 Å². The van der Waals surface area contributed by atoms with E-state index in [4.69, 9.17) is 23.2 Å². The van der Waals surface area contributed by atoms with E-state index in [9.17, 15) is 9.18 Å². The molecule has 20 heavy (non-hydrogen) atoms. The van der Waals surface area contributed by atoms with E-state index in [0.29, 0.717) is 5.56 Å². The minimum absolute atomic E-state index is 0.141. The van der Waals surface area contributed by atoms with Crippen molar-refractivity contribution in [1.82, 2.24) is 9.88 Å². The summed E-state index contributed by atoms with van der Waals surface area (Å²) in [4.78, 5) is 17.4. The molecule has 0 bridgehead atoms. The second kappa shape index (κ2) is 6.20. The smallest absolute Gasteiger partial charge is 0.255 e. The van der Waals surface area contributed by atoms with Crippen LogP contribution in [0.4, 0.5) is 4.39 Å². The first-order valence-electron chi connectivity index (χ1n) is 5.79. The maximum Gasteiger partial charge on any atom is 0.255 e. The molecular weight excluding hydrogens is 302 g/mol. The van der Waals surface area contributed by atoms with Gasteiger partial charge >= 0.3 is 0 Å². The molecule has 2 rings (SSSR count). The first kappa shape index (κ1) is 14.8. The summed E-state index contributed by atoms with van der Waals surface area (Å²) in [6, 6.07) is 7.68. The zero-order valence-corrected chi connectivity index (χ0v) is 12.1. The molecule has 1 heterocycles. The lowest BCUT2D eigenvalue weighted by molar-refractivity contribution is 0.0784. The van der Waals surface area contributed by atoms with Gasteiger partial charge in [-0.1, -0.05) is 41.4 Å². The summed E-state index contributed by atoms with van der Waals surface area (Å²) in [5.41, 5.74) is 0.671. The molecule has 0 atom stereocenters. The molecule has 0 saturated carbocycles. The third-order valence-electron chi connectivity index (χ3n) is 2.76. The third-order valence-corrected chi connectivity index (χ3v) is 3.27. The largest absolute Gasteiger partial charge is 0.337 e. The monoisotopic (exact) mass is 312 g/mol. The molecule has 0 N–H and O–H groups in total. The Hall–Kier alpha value is -1.65. The van der Waals surface area contributed by atoms with Gasteiger partial charge < -0.3 is 4.90 Å². The molecule has 1 aromatic heterocycles. The molecule has 0 aliphatic heterocycles. The van der Waals surface area contributed by atoms with Crippen molar-refractivity contribution in [3.63, 3.8) is 0 Å². The summed E-state index contributed by atoms with van der Waals surface area (Å²) < 4.78 is 13.6. The normalized spacial score (nSPS) is 10.4. The molecule has 1 aromatic carbocycles. The van der Waals surface area contributed by atoms with E-state index in [-0.39, 0.29) is 34.0 Å². The Kier molecular flexibility index (Phi) is 4.57. The quantitative estimate of drug-likeness (QED) is 0.808. The van der Waals surface area contributed by atoms with Crippen LogP contribution in [0.15, 0.2) is 36.5 Å². The summed E-state index contributed by atoms with van der Waals surface area (Å²) in [7, 11) is 1.57. The Balaban J connectivity index is 2.21. The highest BCUT2D eigenvalue weighted by Crippen LogP contribution is 2.20. The number of carbonyl (C=O) groups is 1. The van der Waals surface area contributed by atoms with Gasteiger partial charge in [-0.15, -0.1) is 0 Å². The van der Waals surface area contributed by atoms with Crippen molar-refractivity contribution in [3.8, 4) is 0 Å². The number of carbonyl (C=O) groups excluding carboxylic acids is 1. The Morgan fingerprint density at radius 2 is 2.05 bits per heavy atom. The lowest BCUT2D eigenvalue weighted by Crippen LogP contribution is -2.27. The van der Waals surface area contributed by atoms with E-state index in [1.54, 1.807) is 25.2 Å². The van der Waals surface area contributed by atoms with Crippen molar-refractivity contribution in [2.75, 3.05) is 7.05 Å². The van der Waals surface area contributed by atoms with Gasteiger partial charge in [0, 0.05) is 25.4 Å². The van der Waals surface area contributed by atoms with E-state index in [0.717, 1.165) is 0 Å². The fourth-order valence-electron chi connectivity index (χ4n) is 1.74. The van der Waals surface area contributed by atoms with E-state index in [2.05, 4.69) is 4.98 Å². The zero-order valence-electron chi connectivity index (χ0n) is 10.6. The van der Waals surface area contributed by atoms with E-state index >= 15 is 0 Å². The highest BCUT2D eigenvalue weighted by molar-refractivity contribution is 6.35. The molecule has 1 amide bonds. The number of nitrogens with zero attached hydrogens (tertiary/aromatic N) is 2. The predicted molar refractivity (Wildman–Crippen MR) is 76.5 cm³/mol. The van der Waals surface area contributed by atoms with Gasteiger partial charge in [0.2, 0.25) is 0 Å². The van der Waals surface area contributed by atoms with Gasteiger partial charge in [0.25, 0.3) is 5.91 Å². The molecule has 0 fully saturated rings.